The second-order valence-corrected chi connectivity index (χ2v) is 6.96. The van der Waals surface area contributed by atoms with Crippen LogP contribution >= 0.6 is 0 Å². The summed E-state index contributed by atoms with van der Waals surface area (Å²) in [5.74, 6) is 2.73. The molecule has 0 unspecified atom stereocenters. The maximum atomic E-state index is 4.53. The van der Waals surface area contributed by atoms with Gasteiger partial charge in [-0.3, -0.25) is 4.90 Å². The van der Waals surface area contributed by atoms with Crippen LogP contribution in [0.15, 0.2) is 12.4 Å². The fraction of sp³-hybridized carbons (Fsp3) is 0.750. The maximum Gasteiger partial charge on any atom is 0.225 e. The largest absolute Gasteiger partial charge is 0.339 e. The Morgan fingerprint density at radius 2 is 1.85 bits per heavy atom. The smallest absolute Gasteiger partial charge is 0.225 e. The van der Waals surface area contributed by atoms with Gasteiger partial charge in [-0.1, -0.05) is 0 Å². The van der Waals surface area contributed by atoms with Crippen LogP contribution in [0.25, 0.3) is 0 Å². The quantitative estimate of drug-likeness (QED) is 0.843. The van der Waals surface area contributed by atoms with Crippen molar-refractivity contribution in [1.82, 2.24) is 14.9 Å². The van der Waals surface area contributed by atoms with Crippen LogP contribution in [0.1, 0.15) is 31.2 Å². The maximum absolute atomic E-state index is 4.53. The predicted molar refractivity (Wildman–Crippen MR) is 79.8 cm³/mol. The van der Waals surface area contributed by atoms with Crippen molar-refractivity contribution in [1.29, 1.82) is 0 Å². The molecule has 1 saturated carbocycles. The molecule has 0 aromatic carbocycles. The third-order valence-corrected chi connectivity index (χ3v) is 5.07. The van der Waals surface area contributed by atoms with Gasteiger partial charge in [-0.2, -0.15) is 0 Å². The van der Waals surface area contributed by atoms with Gasteiger partial charge in [0.05, 0.1) is 0 Å². The summed E-state index contributed by atoms with van der Waals surface area (Å²) in [4.78, 5) is 14.3. The molecule has 5 rings (SSSR count). The molecule has 4 fully saturated rings. The molecule has 0 radical (unpaired) electrons. The molecule has 2 bridgehead atoms. The molecule has 0 spiro atoms. The molecular formula is C16H24N4. The van der Waals surface area contributed by atoms with Crippen LogP contribution in [0.2, 0.25) is 0 Å². The van der Waals surface area contributed by atoms with Crippen molar-refractivity contribution >= 4 is 5.95 Å². The average Bonchev–Trinajstić information content (AvgIpc) is 3.27. The monoisotopic (exact) mass is 272 g/mol. The summed E-state index contributed by atoms with van der Waals surface area (Å²) < 4.78 is 0. The Kier molecular flexibility index (Phi) is 3.14. The molecule has 0 N–H and O–H groups in total. The number of fused-ring (bicyclic) bond motifs is 4. The van der Waals surface area contributed by atoms with Crippen LogP contribution in [0.4, 0.5) is 5.95 Å². The third kappa shape index (κ3) is 2.53. The molecule has 1 aliphatic carbocycles. The average molecular weight is 272 g/mol. The van der Waals surface area contributed by atoms with Gasteiger partial charge in [0.2, 0.25) is 5.95 Å². The summed E-state index contributed by atoms with van der Waals surface area (Å²) in [5.41, 5.74) is 1.14. The first-order valence-electron chi connectivity index (χ1n) is 8.05. The van der Waals surface area contributed by atoms with Gasteiger partial charge in [0.1, 0.15) is 0 Å². The van der Waals surface area contributed by atoms with Gasteiger partial charge in [-0.15, -0.1) is 0 Å². The Morgan fingerprint density at radius 1 is 1.05 bits per heavy atom. The third-order valence-electron chi connectivity index (χ3n) is 5.07. The molecule has 4 heterocycles. The lowest BCUT2D eigenvalue weighted by Crippen LogP contribution is -2.44. The second kappa shape index (κ2) is 4.99. The van der Waals surface area contributed by atoms with E-state index < -0.39 is 0 Å². The molecule has 3 aliphatic heterocycles. The van der Waals surface area contributed by atoms with E-state index in [0.29, 0.717) is 0 Å². The Balaban J connectivity index is 1.51. The lowest BCUT2D eigenvalue weighted by Gasteiger charge is -2.36. The van der Waals surface area contributed by atoms with E-state index in [0.717, 1.165) is 42.5 Å². The Hall–Kier alpha value is -1.16. The standard InChI is InChI=1S/C16H24N4/c1-12-6-17-16(18-7-12)20-10-14-4-5-15(11-20)19(9-14)8-13-2-3-13/h6-7,13-15H,2-5,8-11H2,1H3/t14-,15-/m1/s1. The molecule has 108 valence electrons. The highest BCUT2D eigenvalue weighted by Crippen LogP contribution is 2.35. The van der Waals surface area contributed by atoms with Crippen LogP contribution in [0.3, 0.4) is 0 Å². The summed E-state index contributed by atoms with van der Waals surface area (Å²) >= 11 is 0. The molecule has 2 atom stereocenters. The first-order chi connectivity index (χ1) is 9.78. The number of hydrogen-bond donors (Lipinski definition) is 0. The van der Waals surface area contributed by atoms with Crippen molar-refractivity contribution in [3.05, 3.63) is 18.0 Å². The van der Waals surface area contributed by atoms with Gasteiger partial charge in [-0.25, -0.2) is 9.97 Å². The van der Waals surface area contributed by atoms with E-state index in [9.17, 15) is 0 Å². The van der Waals surface area contributed by atoms with Crippen molar-refractivity contribution in [2.24, 2.45) is 11.8 Å². The van der Waals surface area contributed by atoms with Gasteiger partial charge in [0.25, 0.3) is 0 Å². The molecule has 1 aromatic heterocycles. The fourth-order valence-corrected chi connectivity index (χ4v) is 3.75. The molecule has 1 aromatic rings. The minimum atomic E-state index is 0.722. The molecule has 4 nitrogen and oxygen atoms in total. The summed E-state index contributed by atoms with van der Waals surface area (Å²) in [6.07, 6.45) is 9.54. The van der Waals surface area contributed by atoms with E-state index in [1.54, 1.807) is 0 Å². The highest BCUT2D eigenvalue weighted by Gasteiger charge is 2.37. The van der Waals surface area contributed by atoms with Crippen LogP contribution in [0.5, 0.6) is 0 Å². The van der Waals surface area contributed by atoms with Gasteiger partial charge < -0.3 is 4.90 Å². The van der Waals surface area contributed by atoms with E-state index in [4.69, 9.17) is 0 Å². The van der Waals surface area contributed by atoms with E-state index in [-0.39, 0.29) is 0 Å². The van der Waals surface area contributed by atoms with E-state index >= 15 is 0 Å². The SMILES string of the molecule is Cc1cnc(N2C[C@@H]3CC[C@H](C2)N(CC2CC2)C3)nc1. The van der Waals surface area contributed by atoms with Crippen LogP contribution in [-0.4, -0.2) is 47.1 Å². The summed E-state index contributed by atoms with van der Waals surface area (Å²) in [5, 5.41) is 0. The first kappa shape index (κ1) is 12.6. The molecule has 20 heavy (non-hydrogen) atoms. The van der Waals surface area contributed by atoms with Gasteiger partial charge in [0, 0.05) is 44.6 Å². The van der Waals surface area contributed by atoms with Crippen LogP contribution in [-0.2, 0) is 0 Å². The number of aryl methyl sites for hydroxylation is 1. The molecular weight excluding hydrogens is 248 g/mol. The molecule has 4 heteroatoms. The topological polar surface area (TPSA) is 32.3 Å². The van der Waals surface area contributed by atoms with Crippen molar-refractivity contribution < 1.29 is 0 Å². The summed E-state index contributed by atoms with van der Waals surface area (Å²) in [6.45, 7) is 6.94. The number of nitrogens with zero attached hydrogens (tertiary/aromatic N) is 4. The number of rotatable bonds is 3. The zero-order chi connectivity index (χ0) is 13.5. The molecule has 3 saturated heterocycles. The first-order valence-corrected chi connectivity index (χ1v) is 8.05. The highest BCUT2D eigenvalue weighted by atomic mass is 15.3. The van der Waals surface area contributed by atoms with E-state index in [2.05, 4.69) is 19.8 Å². The zero-order valence-electron chi connectivity index (χ0n) is 12.3. The highest BCUT2D eigenvalue weighted by molar-refractivity contribution is 5.31. The lowest BCUT2D eigenvalue weighted by molar-refractivity contribution is 0.128. The normalized spacial score (nSPS) is 30.6. The Morgan fingerprint density at radius 3 is 2.60 bits per heavy atom. The Bertz CT molecular complexity index is 468. The number of aromatic nitrogens is 2. The van der Waals surface area contributed by atoms with Crippen molar-refractivity contribution in [2.45, 2.75) is 38.6 Å². The van der Waals surface area contributed by atoms with Gasteiger partial charge in [-0.05, 0) is 50.0 Å². The van der Waals surface area contributed by atoms with Crippen molar-refractivity contribution in [3.8, 4) is 0 Å². The summed E-state index contributed by atoms with van der Waals surface area (Å²) in [6, 6.07) is 0.722. The second-order valence-electron chi connectivity index (χ2n) is 6.96. The van der Waals surface area contributed by atoms with Crippen molar-refractivity contribution in [3.63, 3.8) is 0 Å². The van der Waals surface area contributed by atoms with Crippen LogP contribution in [0, 0.1) is 18.8 Å². The zero-order valence-corrected chi connectivity index (χ0v) is 12.3. The lowest BCUT2D eigenvalue weighted by atomic mass is 9.95. The minimum Gasteiger partial charge on any atom is -0.339 e. The number of piperidine rings is 1. The van der Waals surface area contributed by atoms with Gasteiger partial charge >= 0.3 is 0 Å². The van der Waals surface area contributed by atoms with E-state index in [1.807, 2.05) is 19.3 Å². The van der Waals surface area contributed by atoms with Crippen molar-refractivity contribution in [2.75, 3.05) is 31.1 Å². The Labute approximate surface area is 121 Å². The van der Waals surface area contributed by atoms with E-state index in [1.165, 1.54) is 38.8 Å². The van der Waals surface area contributed by atoms with Gasteiger partial charge in [0.15, 0.2) is 0 Å². The predicted octanol–water partition coefficient (Wildman–Crippen LogP) is 2.10. The molecule has 0 amide bonds. The number of hydrogen-bond acceptors (Lipinski definition) is 4. The van der Waals surface area contributed by atoms with Crippen LogP contribution < -0.4 is 4.90 Å². The minimum absolute atomic E-state index is 0.722. The molecule has 4 aliphatic rings. The number of anilines is 1. The fourth-order valence-electron chi connectivity index (χ4n) is 3.75. The summed E-state index contributed by atoms with van der Waals surface area (Å²) in [7, 11) is 0.